The van der Waals surface area contributed by atoms with E-state index in [0.29, 0.717) is 18.7 Å². The van der Waals surface area contributed by atoms with E-state index in [1.807, 2.05) is 18.2 Å². The first-order chi connectivity index (χ1) is 10.7. The van der Waals surface area contributed by atoms with Gasteiger partial charge < -0.3 is 15.4 Å². The summed E-state index contributed by atoms with van der Waals surface area (Å²) >= 11 is 0. The van der Waals surface area contributed by atoms with Gasteiger partial charge in [0.25, 0.3) is 0 Å². The van der Waals surface area contributed by atoms with E-state index in [2.05, 4.69) is 29.7 Å². The van der Waals surface area contributed by atoms with Gasteiger partial charge in [0.05, 0.1) is 5.69 Å². The monoisotopic (exact) mass is 300 g/mol. The van der Waals surface area contributed by atoms with Gasteiger partial charge in [-0.3, -0.25) is 0 Å². The van der Waals surface area contributed by atoms with E-state index < -0.39 is 0 Å². The number of benzene rings is 2. The third kappa shape index (κ3) is 3.57. The lowest BCUT2D eigenvalue weighted by atomic mass is 10.1. The molecule has 3 nitrogen and oxygen atoms in total. The average molecular weight is 300 g/mol. The number of rotatable bonds is 5. The molecule has 116 valence electrons. The van der Waals surface area contributed by atoms with E-state index in [-0.39, 0.29) is 11.9 Å². The first kappa shape index (κ1) is 14.9. The van der Waals surface area contributed by atoms with Crippen molar-refractivity contribution in [1.82, 2.24) is 5.32 Å². The maximum atomic E-state index is 13.6. The van der Waals surface area contributed by atoms with Crippen LogP contribution in [-0.4, -0.2) is 19.2 Å². The molecule has 0 amide bonds. The van der Waals surface area contributed by atoms with Gasteiger partial charge in [-0.25, -0.2) is 4.39 Å². The predicted octanol–water partition coefficient (Wildman–Crippen LogP) is 3.35. The van der Waals surface area contributed by atoms with Crippen molar-refractivity contribution >= 4 is 5.69 Å². The molecule has 0 aromatic heterocycles. The van der Waals surface area contributed by atoms with Gasteiger partial charge in [0.1, 0.15) is 18.2 Å². The predicted molar refractivity (Wildman–Crippen MR) is 86.8 cm³/mol. The summed E-state index contributed by atoms with van der Waals surface area (Å²) < 4.78 is 19.2. The molecule has 0 bridgehead atoms. The molecule has 2 aromatic rings. The minimum absolute atomic E-state index is 0.155. The van der Waals surface area contributed by atoms with Crippen LogP contribution in [0.15, 0.2) is 42.5 Å². The maximum absolute atomic E-state index is 13.6. The van der Waals surface area contributed by atoms with Crippen LogP contribution < -0.4 is 15.4 Å². The Bertz CT molecular complexity index is 645. The van der Waals surface area contributed by atoms with Gasteiger partial charge in [0, 0.05) is 24.7 Å². The summed E-state index contributed by atoms with van der Waals surface area (Å²) in [5, 5.41) is 6.72. The second-order valence-corrected chi connectivity index (χ2v) is 5.68. The SMILES string of the molecule is CC(Cc1ccc2c(c1)NCCO2)NCc1ccccc1F. The number of ether oxygens (including phenoxy) is 1. The van der Waals surface area contributed by atoms with E-state index in [1.54, 1.807) is 6.07 Å². The largest absolute Gasteiger partial charge is 0.490 e. The summed E-state index contributed by atoms with van der Waals surface area (Å²) in [6.07, 6.45) is 0.892. The van der Waals surface area contributed by atoms with Gasteiger partial charge in [-0.05, 0) is 37.1 Å². The van der Waals surface area contributed by atoms with Crippen LogP contribution in [0, 0.1) is 5.82 Å². The molecule has 0 spiro atoms. The molecule has 2 N–H and O–H groups in total. The Morgan fingerprint density at radius 3 is 3.00 bits per heavy atom. The zero-order chi connectivity index (χ0) is 15.4. The van der Waals surface area contributed by atoms with Crippen LogP contribution >= 0.6 is 0 Å². The molecule has 1 atom stereocenters. The minimum Gasteiger partial charge on any atom is -0.490 e. The standard InChI is InChI=1S/C18H21FN2O/c1-13(21-12-15-4-2-3-5-16(15)19)10-14-6-7-18-17(11-14)20-8-9-22-18/h2-7,11,13,20-21H,8-10,12H2,1H3. The van der Waals surface area contributed by atoms with Crippen LogP contribution in [0.2, 0.25) is 0 Å². The van der Waals surface area contributed by atoms with E-state index in [4.69, 9.17) is 4.74 Å². The van der Waals surface area contributed by atoms with Gasteiger partial charge in [0.2, 0.25) is 0 Å². The average Bonchev–Trinajstić information content (AvgIpc) is 2.54. The first-order valence-electron chi connectivity index (χ1n) is 7.69. The summed E-state index contributed by atoms with van der Waals surface area (Å²) in [4.78, 5) is 0. The van der Waals surface area contributed by atoms with Gasteiger partial charge in [-0.2, -0.15) is 0 Å². The summed E-state index contributed by atoms with van der Waals surface area (Å²) in [5.74, 6) is 0.763. The van der Waals surface area contributed by atoms with Crippen molar-refractivity contribution in [3.05, 3.63) is 59.4 Å². The van der Waals surface area contributed by atoms with Crippen molar-refractivity contribution in [2.75, 3.05) is 18.5 Å². The fourth-order valence-electron chi connectivity index (χ4n) is 2.67. The molecule has 3 rings (SSSR count). The molecule has 1 aliphatic rings. The molecule has 1 heterocycles. The fraction of sp³-hybridized carbons (Fsp3) is 0.333. The number of fused-ring (bicyclic) bond motifs is 1. The first-order valence-corrected chi connectivity index (χ1v) is 7.69. The molecule has 0 saturated carbocycles. The molecular formula is C18H21FN2O. The summed E-state index contributed by atoms with van der Waals surface area (Å²) in [6.45, 7) is 4.22. The van der Waals surface area contributed by atoms with Crippen molar-refractivity contribution in [2.45, 2.75) is 25.9 Å². The number of hydrogen-bond donors (Lipinski definition) is 2. The van der Waals surface area contributed by atoms with Crippen LogP contribution in [0.25, 0.3) is 0 Å². The van der Waals surface area contributed by atoms with Gasteiger partial charge in [-0.15, -0.1) is 0 Å². The van der Waals surface area contributed by atoms with E-state index in [0.717, 1.165) is 24.4 Å². The Kier molecular flexibility index (Phi) is 4.59. The number of nitrogens with one attached hydrogen (secondary N) is 2. The maximum Gasteiger partial charge on any atom is 0.142 e. The Balaban J connectivity index is 1.57. The zero-order valence-electron chi connectivity index (χ0n) is 12.7. The molecule has 0 saturated heterocycles. The molecule has 0 radical (unpaired) electrons. The smallest absolute Gasteiger partial charge is 0.142 e. The second kappa shape index (κ2) is 6.79. The van der Waals surface area contributed by atoms with Gasteiger partial charge >= 0.3 is 0 Å². The van der Waals surface area contributed by atoms with Crippen LogP contribution in [0.5, 0.6) is 5.75 Å². The highest BCUT2D eigenvalue weighted by molar-refractivity contribution is 5.59. The molecule has 1 aliphatic heterocycles. The third-order valence-electron chi connectivity index (χ3n) is 3.86. The summed E-state index contributed by atoms with van der Waals surface area (Å²) in [7, 11) is 0. The molecule has 22 heavy (non-hydrogen) atoms. The number of anilines is 1. The van der Waals surface area contributed by atoms with E-state index in [9.17, 15) is 4.39 Å². The van der Waals surface area contributed by atoms with Crippen LogP contribution in [0.1, 0.15) is 18.1 Å². The highest BCUT2D eigenvalue weighted by Crippen LogP contribution is 2.28. The lowest BCUT2D eigenvalue weighted by molar-refractivity contribution is 0.323. The fourth-order valence-corrected chi connectivity index (χ4v) is 2.67. The van der Waals surface area contributed by atoms with Crippen molar-refractivity contribution in [2.24, 2.45) is 0 Å². The van der Waals surface area contributed by atoms with Crippen molar-refractivity contribution in [3.63, 3.8) is 0 Å². The lowest BCUT2D eigenvalue weighted by Gasteiger charge is -2.21. The van der Waals surface area contributed by atoms with Crippen molar-refractivity contribution in [3.8, 4) is 5.75 Å². The quantitative estimate of drug-likeness (QED) is 0.888. The molecule has 1 unspecified atom stereocenters. The normalized spacial score (nSPS) is 14.6. The van der Waals surface area contributed by atoms with Crippen LogP contribution in [0.4, 0.5) is 10.1 Å². The van der Waals surface area contributed by atoms with Crippen molar-refractivity contribution < 1.29 is 9.13 Å². The molecular weight excluding hydrogens is 279 g/mol. The Labute approximate surface area is 130 Å². The second-order valence-electron chi connectivity index (χ2n) is 5.68. The van der Waals surface area contributed by atoms with E-state index >= 15 is 0 Å². The van der Waals surface area contributed by atoms with E-state index in [1.165, 1.54) is 11.6 Å². The van der Waals surface area contributed by atoms with Crippen molar-refractivity contribution in [1.29, 1.82) is 0 Å². The Morgan fingerprint density at radius 2 is 2.14 bits per heavy atom. The van der Waals surface area contributed by atoms with Crippen LogP contribution in [-0.2, 0) is 13.0 Å². The third-order valence-corrected chi connectivity index (χ3v) is 3.86. The van der Waals surface area contributed by atoms with Gasteiger partial charge in [0.15, 0.2) is 0 Å². The topological polar surface area (TPSA) is 33.3 Å². The Hall–Kier alpha value is -2.07. The zero-order valence-corrected chi connectivity index (χ0v) is 12.7. The summed E-state index contributed by atoms with van der Waals surface area (Å²) in [5.41, 5.74) is 3.00. The highest BCUT2D eigenvalue weighted by Gasteiger charge is 2.11. The highest BCUT2D eigenvalue weighted by atomic mass is 19.1. The lowest BCUT2D eigenvalue weighted by Crippen LogP contribution is -2.28. The number of hydrogen-bond acceptors (Lipinski definition) is 3. The van der Waals surface area contributed by atoms with Crippen LogP contribution in [0.3, 0.4) is 0 Å². The molecule has 0 fully saturated rings. The molecule has 4 heteroatoms. The minimum atomic E-state index is -0.155. The number of halogens is 1. The summed E-state index contributed by atoms with van der Waals surface area (Å²) in [6, 6.07) is 13.4. The molecule has 0 aliphatic carbocycles. The Morgan fingerprint density at radius 1 is 1.27 bits per heavy atom. The van der Waals surface area contributed by atoms with Gasteiger partial charge in [-0.1, -0.05) is 24.3 Å². The molecule has 2 aromatic carbocycles.